The summed E-state index contributed by atoms with van der Waals surface area (Å²) in [7, 11) is 0. The zero-order chi connectivity index (χ0) is 20.6. The number of fused-ring (bicyclic) bond motifs is 1. The first-order valence-corrected chi connectivity index (χ1v) is 11.7. The first kappa shape index (κ1) is 20.9. The van der Waals surface area contributed by atoms with Gasteiger partial charge in [-0.25, -0.2) is 4.98 Å². The Morgan fingerprint density at radius 2 is 1.67 bits per heavy atom. The van der Waals surface area contributed by atoms with Crippen LogP contribution in [-0.2, 0) is 19.5 Å². The van der Waals surface area contributed by atoms with Crippen molar-refractivity contribution in [3.05, 3.63) is 59.9 Å². The van der Waals surface area contributed by atoms with Crippen molar-refractivity contribution in [2.75, 3.05) is 19.7 Å². The predicted octanol–water partition coefficient (Wildman–Crippen LogP) is 5.83. The molecule has 0 aliphatic carbocycles. The average Bonchev–Trinajstić information content (AvgIpc) is 2.93. The number of nitrogens with zero attached hydrogens (tertiary/aromatic N) is 3. The molecule has 0 atom stereocenters. The van der Waals surface area contributed by atoms with Gasteiger partial charge in [-0.1, -0.05) is 44.0 Å². The number of para-hydroxylation sites is 2. The van der Waals surface area contributed by atoms with Crippen LogP contribution in [0.3, 0.4) is 0 Å². The van der Waals surface area contributed by atoms with Crippen molar-refractivity contribution in [2.45, 2.75) is 65.0 Å². The third kappa shape index (κ3) is 5.42. The Kier molecular flexibility index (Phi) is 7.41. The molecule has 0 N–H and O–H groups in total. The van der Waals surface area contributed by atoms with Crippen LogP contribution in [0.5, 0.6) is 5.75 Å². The summed E-state index contributed by atoms with van der Waals surface area (Å²) in [6.07, 6.45) is 8.58. The van der Waals surface area contributed by atoms with Gasteiger partial charge in [0.25, 0.3) is 0 Å². The average molecular weight is 406 g/mol. The maximum Gasteiger partial charge on any atom is 0.124 e. The normalized spacial score (nSPS) is 15.4. The minimum atomic E-state index is 0.763. The summed E-state index contributed by atoms with van der Waals surface area (Å²) >= 11 is 0. The van der Waals surface area contributed by atoms with E-state index in [0.29, 0.717) is 0 Å². The van der Waals surface area contributed by atoms with Gasteiger partial charge in [0.15, 0.2) is 0 Å². The number of ether oxygens (including phenoxy) is 1. The molecule has 1 aliphatic rings. The molecular weight excluding hydrogens is 370 g/mol. The van der Waals surface area contributed by atoms with E-state index < -0.39 is 0 Å². The molecule has 3 aromatic rings. The van der Waals surface area contributed by atoms with E-state index in [-0.39, 0.29) is 0 Å². The lowest BCUT2D eigenvalue weighted by Gasteiger charge is -2.20. The summed E-state index contributed by atoms with van der Waals surface area (Å²) in [6, 6.07) is 17.0. The molecule has 4 rings (SSSR count). The number of hydrogen-bond donors (Lipinski definition) is 0. The van der Waals surface area contributed by atoms with Crippen LogP contribution in [0.25, 0.3) is 11.0 Å². The van der Waals surface area contributed by atoms with Crippen molar-refractivity contribution in [3.63, 3.8) is 0 Å². The zero-order valence-electron chi connectivity index (χ0n) is 18.4. The maximum absolute atomic E-state index is 5.94. The molecule has 1 saturated heterocycles. The summed E-state index contributed by atoms with van der Waals surface area (Å²) in [5, 5.41) is 0. The summed E-state index contributed by atoms with van der Waals surface area (Å²) in [5.74, 6) is 2.19. The number of aromatic nitrogens is 2. The van der Waals surface area contributed by atoms with E-state index in [1.165, 1.54) is 55.7 Å². The van der Waals surface area contributed by atoms with Crippen molar-refractivity contribution < 1.29 is 4.74 Å². The second-order valence-electron chi connectivity index (χ2n) is 8.41. The minimum Gasteiger partial charge on any atom is -0.494 e. The highest BCUT2D eigenvalue weighted by atomic mass is 16.5. The van der Waals surface area contributed by atoms with E-state index in [1.807, 2.05) is 0 Å². The highest BCUT2D eigenvalue weighted by Gasteiger charge is 2.15. The van der Waals surface area contributed by atoms with Crippen LogP contribution in [0.4, 0.5) is 0 Å². The lowest BCUT2D eigenvalue weighted by atomic mass is 10.2. The predicted molar refractivity (Wildman–Crippen MR) is 124 cm³/mol. The Morgan fingerprint density at radius 3 is 2.43 bits per heavy atom. The number of unbranched alkanes of at least 4 members (excludes halogenated alkanes) is 1. The van der Waals surface area contributed by atoms with Gasteiger partial charge in [-0.15, -0.1) is 0 Å². The number of imidazole rings is 1. The molecule has 0 amide bonds. The van der Waals surface area contributed by atoms with Gasteiger partial charge in [0.05, 0.1) is 24.2 Å². The number of aryl methyl sites for hydroxylation is 2. The van der Waals surface area contributed by atoms with Gasteiger partial charge >= 0.3 is 0 Å². The SMILES string of the molecule is CCc1ccc(OCCCCn2c(CN3CCCCCC3)nc3ccccc32)cc1. The number of likely N-dealkylation sites (tertiary alicyclic amines) is 1. The maximum atomic E-state index is 5.94. The lowest BCUT2D eigenvalue weighted by molar-refractivity contribution is 0.265. The van der Waals surface area contributed by atoms with Crippen LogP contribution in [0.1, 0.15) is 56.8 Å². The fourth-order valence-electron chi connectivity index (χ4n) is 4.37. The molecule has 0 radical (unpaired) electrons. The summed E-state index contributed by atoms with van der Waals surface area (Å²) in [4.78, 5) is 7.58. The van der Waals surface area contributed by atoms with Crippen LogP contribution in [0.2, 0.25) is 0 Å². The summed E-state index contributed by atoms with van der Waals surface area (Å²) in [6.45, 7) is 7.31. The van der Waals surface area contributed by atoms with Crippen LogP contribution in [-0.4, -0.2) is 34.1 Å². The van der Waals surface area contributed by atoms with E-state index in [4.69, 9.17) is 9.72 Å². The summed E-state index contributed by atoms with van der Waals surface area (Å²) in [5.41, 5.74) is 3.74. The molecule has 0 unspecified atom stereocenters. The van der Waals surface area contributed by atoms with Gasteiger partial charge in [0.1, 0.15) is 11.6 Å². The molecule has 30 heavy (non-hydrogen) atoms. The minimum absolute atomic E-state index is 0.763. The van der Waals surface area contributed by atoms with Crippen LogP contribution < -0.4 is 4.74 Å². The van der Waals surface area contributed by atoms with Crippen LogP contribution in [0, 0.1) is 0 Å². The molecule has 160 valence electrons. The van der Waals surface area contributed by atoms with Gasteiger partial charge in [0.2, 0.25) is 0 Å². The van der Waals surface area contributed by atoms with Gasteiger partial charge in [-0.05, 0) is 75.0 Å². The zero-order valence-corrected chi connectivity index (χ0v) is 18.4. The second kappa shape index (κ2) is 10.6. The smallest absolute Gasteiger partial charge is 0.124 e. The lowest BCUT2D eigenvalue weighted by Crippen LogP contribution is -2.26. The molecule has 1 aromatic heterocycles. The van der Waals surface area contributed by atoms with Gasteiger partial charge < -0.3 is 9.30 Å². The second-order valence-corrected chi connectivity index (χ2v) is 8.41. The Hall–Kier alpha value is -2.33. The standard InChI is InChI=1S/C26H35N3O/c1-2-22-13-15-23(16-14-22)30-20-10-9-19-29-25-12-6-5-11-24(25)27-26(29)21-28-17-7-3-4-8-18-28/h5-6,11-16H,2-4,7-10,17-21H2,1H3. The first-order chi connectivity index (χ1) is 14.8. The third-order valence-corrected chi connectivity index (χ3v) is 6.17. The van der Waals surface area contributed by atoms with E-state index in [0.717, 1.165) is 50.2 Å². The number of hydrogen-bond acceptors (Lipinski definition) is 3. The number of rotatable bonds is 9. The first-order valence-electron chi connectivity index (χ1n) is 11.7. The van der Waals surface area contributed by atoms with Crippen molar-refractivity contribution in [1.29, 1.82) is 0 Å². The fraction of sp³-hybridized carbons (Fsp3) is 0.500. The molecule has 2 aromatic carbocycles. The van der Waals surface area contributed by atoms with Gasteiger partial charge in [-0.3, -0.25) is 4.90 Å². The molecule has 4 nitrogen and oxygen atoms in total. The Morgan fingerprint density at radius 1 is 0.900 bits per heavy atom. The van der Waals surface area contributed by atoms with Crippen LogP contribution in [0.15, 0.2) is 48.5 Å². The molecule has 0 bridgehead atoms. The van der Waals surface area contributed by atoms with Crippen molar-refractivity contribution >= 4 is 11.0 Å². The van der Waals surface area contributed by atoms with Crippen molar-refractivity contribution in [1.82, 2.24) is 14.5 Å². The third-order valence-electron chi connectivity index (χ3n) is 6.17. The van der Waals surface area contributed by atoms with Crippen molar-refractivity contribution in [3.8, 4) is 5.75 Å². The Bertz CT molecular complexity index is 908. The monoisotopic (exact) mass is 405 g/mol. The van der Waals surface area contributed by atoms with E-state index >= 15 is 0 Å². The van der Waals surface area contributed by atoms with Crippen LogP contribution >= 0.6 is 0 Å². The largest absolute Gasteiger partial charge is 0.494 e. The van der Waals surface area contributed by atoms with Gasteiger partial charge in [-0.2, -0.15) is 0 Å². The molecule has 0 spiro atoms. The highest BCUT2D eigenvalue weighted by molar-refractivity contribution is 5.75. The molecule has 4 heteroatoms. The quantitative estimate of drug-likeness (QED) is 0.419. The molecule has 2 heterocycles. The topological polar surface area (TPSA) is 30.3 Å². The number of benzene rings is 2. The van der Waals surface area contributed by atoms with E-state index in [9.17, 15) is 0 Å². The molecular formula is C26H35N3O. The van der Waals surface area contributed by atoms with Gasteiger partial charge in [0, 0.05) is 6.54 Å². The molecule has 1 fully saturated rings. The Labute approximate surface area is 180 Å². The van der Waals surface area contributed by atoms with E-state index in [2.05, 4.69) is 64.9 Å². The van der Waals surface area contributed by atoms with Crippen molar-refractivity contribution in [2.24, 2.45) is 0 Å². The van der Waals surface area contributed by atoms with E-state index in [1.54, 1.807) is 0 Å². The Balaban J connectivity index is 1.35. The molecule has 1 aliphatic heterocycles. The highest BCUT2D eigenvalue weighted by Crippen LogP contribution is 2.20. The summed E-state index contributed by atoms with van der Waals surface area (Å²) < 4.78 is 8.39. The molecule has 0 saturated carbocycles. The fourth-order valence-corrected chi connectivity index (χ4v) is 4.37.